The number of rotatable bonds is 5. The first-order valence-corrected chi connectivity index (χ1v) is 8.64. The molecule has 2 heterocycles. The number of para-hydroxylation sites is 1. The second-order valence-electron chi connectivity index (χ2n) is 5.25. The van der Waals surface area contributed by atoms with Crippen molar-refractivity contribution in [3.8, 4) is 11.5 Å². The van der Waals surface area contributed by atoms with Crippen molar-refractivity contribution in [2.45, 2.75) is 19.4 Å². The van der Waals surface area contributed by atoms with Crippen LogP contribution in [0.15, 0.2) is 40.7 Å². The van der Waals surface area contributed by atoms with E-state index in [9.17, 15) is 0 Å². The number of hydrogen-bond acceptors (Lipinski definition) is 4. The van der Waals surface area contributed by atoms with Crippen molar-refractivity contribution in [1.29, 1.82) is 0 Å². The fourth-order valence-electron chi connectivity index (χ4n) is 2.37. The first-order chi connectivity index (χ1) is 11.3. The van der Waals surface area contributed by atoms with Crippen LogP contribution in [0.4, 0.5) is 0 Å². The summed E-state index contributed by atoms with van der Waals surface area (Å²) in [6, 6.07) is 10.1. The Kier molecular flexibility index (Phi) is 5.37. The number of benzene rings is 1. The van der Waals surface area contributed by atoms with Gasteiger partial charge in [0.2, 0.25) is 0 Å². The fourth-order valence-corrected chi connectivity index (χ4v) is 3.08. The van der Waals surface area contributed by atoms with Gasteiger partial charge in [-0.3, -0.25) is 0 Å². The van der Waals surface area contributed by atoms with Gasteiger partial charge in [0.05, 0.1) is 19.8 Å². The molecule has 0 atom stereocenters. The molecule has 0 saturated heterocycles. The standard InChI is InChI=1S/C17H21N3O2S/c18-17(19-8-7-14-5-2-11-23-14)20-12-13-4-1-6-15-16(13)22-10-3-9-21-15/h1-2,4-6,11H,3,7-10,12H2,(H3,18,19,20). The van der Waals surface area contributed by atoms with Crippen molar-refractivity contribution in [3.05, 3.63) is 46.2 Å². The molecule has 1 aliphatic heterocycles. The molecule has 6 heteroatoms. The Morgan fingerprint density at radius 2 is 2.13 bits per heavy atom. The Hall–Kier alpha value is -2.21. The van der Waals surface area contributed by atoms with Gasteiger partial charge >= 0.3 is 0 Å². The van der Waals surface area contributed by atoms with Crippen LogP contribution in [0, 0.1) is 0 Å². The maximum atomic E-state index is 5.94. The van der Waals surface area contributed by atoms with Crippen LogP contribution in [0.3, 0.4) is 0 Å². The summed E-state index contributed by atoms with van der Waals surface area (Å²) < 4.78 is 11.5. The molecule has 0 unspecified atom stereocenters. The Bertz CT molecular complexity index is 656. The van der Waals surface area contributed by atoms with Crippen LogP contribution in [0.5, 0.6) is 11.5 Å². The summed E-state index contributed by atoms with van der Waals surface area (Å²) in [5.74, 6) is 2.04. The second-order valence-corrected chi connectivity index (χ2v) is 6.28. The normalized spacial score (nSPS) is 14.3. The summed E-state index contributed by atoms with van der Waals surface area (Å²) in [7, 11) is 0. The number of aliphatic imine (C=N–C) groups is 1. The summed E-state index contributed by atoms with van der Waals surface area (Å²) in [5, 5.41) is 5.23. The van der Waals surface area contributed by atoms with Crippen molar-refractivity contribution < 1.29 is 9.47 Å². The zero-order valence-corrected chi connectivity index (χ0v) is 13.8. The lowest BCUT2D eigenvalue weighted by molar-refractivity contribution is 0.296. The molecular weight excluding hydrogens is 310 g/mol. The van der Waals surface area contributed by atoms with E-state index in [1.54, 1.807) is 11.3 Å². The first-order valence-electron chi connectivity index (χ1n) is 7.76. The molecule has 0 bridgehead atoms. The van der Waals surface area contributed by atoms with Gasteiger partial charge in [-0.25, -0.2) is 4.99 Å². The average molecular weight is 331 g/mol. The number of nitrogens with zero attached hydrogens (tertiary/aromatic N) is 1. The first kappa shape index (κ1) is 15.7. The molecule has 1 aromatic carbocycles. The SMILES string of the molecule is NC(=NCc1cccc2c1OCCCO2)NCCc1cccs1. The van der Waals surface area contributed by atoms with Crippen LogP contribution in [0.2, 0.25) is 0 Å². The monoisotopic (exact) mass is 331 g/mol. The van der Waals surface area contributed by atoms with E-state index in [-0.39, 0.29) is 0 Å². The van der Waals surface area contributed by atoms with Gasteiger partial charge in [-0.2, -0.15) is 0 Å². The zero-order valence-electron chi connectivity index (χ0n) is 13.0. The molecule has 0 saturated carbocycles. The van der Waals surface area contributed by atoms with Gasteiger partial charge in [-0.15, -0.1) is 11.3 Å². The molecule has 1 aromatic heterocycles. The molecule has 3 N–H and O–H groups in total. The molecule has 5 nitrogen and oxygen atoms in total. The van der Waals surface area contributed by atoms with Crippen LogP contribution in [-0.4, -0.2) is 25.7 Å². The number of guanidine groups is 1. The molecule has 23 heavy (non-hydrogen) atoms. The molecule has 1 aliphatic rings. The quantitative estimate of drug-likeness (QED) is 0.653. The van der Waals surface area contributed by atoms with Crippen LogP contribution >= 0.6 is 11.3 Å². The molecule has 2 aromatic rings. The molecule has 0 fully saturated rings. The largest absolute Gasteiger partial charge is 0.490 e. The van der Waals surface area contributed by atoms with E-state index < -0.39 is 0 Å². The minimum atomic E-state index is 0.452. The second kappa shape index (κ2) is 7.87. The van der Waals surface area contributed by atoms with Crippen molar-refractivity contribution in [2.24, 2.45) is 10.7 Å². The highest BCUT2D eigenvalue weighted by atomic mass is 32.1. The highest BCUT2D eigenvalue weighted by molar-refractivity contribution is 7.09. The Balaban J connectivity index is 1.56. The molecular formula is C17H21N3O2S. The molecule has 0 spiro atoms. The van der Waals surface area contributed by atoms with Crippen molar-refractivity contribution in [2.75, 3.05) is 19.8 Å². The third-order valence-electron chi connectivity index (χ3n) is 3.53. The highest BCUT2D eigenvalue weighted by Crippen LogP contribution is 2.33. The summed E-state index contributed by atoms with van der Waals surface area (Å²) in [4.78, 5) is 5.74. The van der Waals surface area contributed by atoms with Gasteiger partial charge < -0.3 is 20.5 Å². The Labute approximate surface area is 140 Å². The summed E-state index contributed by atoms with van der Waals surface area (Å²) in [6.07, 6.45) is 1.84. The molecule has 3 rings (SSSR count). The minimum Gasteiger partial charge on any atom is -0.490 e. The third-order valence-corrected chi connectivity index (χ3v) is 4.47. The van der Waals surface area contributed by atoms with E-state index in [0.717, 1.165) is 36.4 Å². The lowest BCUT2D eigenvalue weighted by Gasteiger charge is -2.11. The van der Waals surface area contributed by atoms with Gasteiger partial charge in [-0.1, -0.05) is 18.2 Å². The van der Waals surface area contributed by atoms with Gasteiger partial charge in [0.1, 0.15) is 0 Å². The number of nitrogens with two attached hydrogens (primary N) is 1. The smallest absolute Gasteiger partial charge is 0.188 e. The van der Waals surface area contributed by atoms with Gasteiger partial charge in [-0.05, 0) is 23.9 Å². The number of ether oxygens (including phenoxy) is 2. The van der Waals surface area contributed by atoms with E-state index in [1.807, 2.05) is 18.2 Å². The third kappa shape index (κ3) is 4.39. The van der Waals surface area contributed by atoms with E-state index in [1.165, 1.54) is 4.88 Å². The average Bonchev–Trinajstić information content (AvgIpc) is 2.95. The van der Waals surface area contributed by atoms with E-state index in [4.69, 9.17) is 15.2 Å². The summed E-state index contributed by atoms with van der Waals surface area (Å²) in [5.41, 5.74) is 6.93. The minimum absolute atomic E-state index is 0.452. The van der Waals surface area contributed by atoms with Gasteiger partial charge in [0.15, 0.2) is 17.5 Å². The molecule has 0 amide bonds. The van der Waals surface area contributed by atoms with Crippen molar-refractivity contribution in [3.63, 3.8) is 0 Å². The Morgan fingerprint density at radius 1 is 1.22 bits per heavy atom. The van der Waals surface area contributed by atoms with Crippen LogP contribution in [-0.2, 0) is 13.0 Å². The highest BCUT2D eigenvalue weighted by Gasteiger charge is 2.13. The van der Waals surface area contributed by atoms with Crippen molar-refractivity contribution in [1.82, 2.24) is 5.32 Å². The van der Waals surface area contributed by atoms with Crippen LogP contribution < -0.4 is 20.5 Å². The predicted octanol–water partition coefficient (Wildman–Crippen LogP) is 2.56. The van der Waals surface area contributed by atoms with E-state index in [0.29, 0.717) is 25.7 Å². The molecule has 122 valence electrons. The number of hydrogen-bond donors (Lipinski definition) is 2. The summed E-state index contributed by atoms with van der Waals surface area (Å²) in [6.45, 7) is 2.61. The molecule has 0 radical (unpaired) electrons. The number of nitrogens with one attached hydrogen (secondary N) is 1. The van der Waals surface area contributed by atoms with Gasteiger partial charge in [0.25, 0.3) is 0 Å². The Morgan fingerprint density at radius 3 is 3.00 bits per heavy atom. The van der Waals surface area contributed by atoms with Crippen molar-refractivity contribution >= 4 is 17.3 Å². The maximum absolute atomic E-state index is 5.94. The van der Waals surface area contributed by atoms with Crippen LogP contribution in [0.25, 0.3) is 0 Å². The fraction of sp³-hybridized carbons (Fsp3) is 0.353. The summed E-state index contributed by atoms with van der Waals surface area (Å²) >= 11 is 1.75. The van der Waals surface area contributed by atoms with E-state index in [2.05, 4.69) is 27.8 Å². The predicted molar refractivity (Wildman–Crippen MR) is 93.4 cm³/mol. The number of thiophene rings is 1. The number of fused-ring (bicyclic) bond motifs is 1. The van der Waals surface area contributed by atoms with Gasteiger partial charge in [0, 0.05) is 23.4 Å². The lowest BCUT2D eigenvalue weighted by Crippen LogP contribution is -2.33. The zero-order chi connectivity index (χ0) is 15.9. The topological polar surface area (TPSA) is 68.9 Å². The molecule has 0 aliphatic carbocycles. The lowest BCUT2D eigenvalue weighted by atomic mass is 10.2. The van der Waals surface area contributed by atoms with E-state index >= 15 is 0 Å². The maximum Gasteiger partial charge on any atom is 0.188 e. The van der Waals surface area contributed by atoms with Crippen LogP contribution in [0.1, 0.15) is 16.9 Å².